The summed E-state index contributed by atoms with van der Waals surface area (Å²) >= 11 is 0. The first kappa shape index (κ1) is 37.4. The largest absolute Gasteiger partial charge is 0.455 e. The summed E-state index contributed by atoms with van der Waals surface area (Å²) in [5, 5.41) is 6.64. The minimum atomic E-state index is 0.325. The predicted molar refractivity (Wildman–Crippen MR) is 270 cm³/mol. The second-order valence-corrected chi connectivity index (χ2v) is 19.8. The molecular weight excluding hydrogens is 821 g/mol. The highest BCUT2D eigenvalue weighted by Gasteiger charge is 2.51. The van der Waals surface area contributed by atoms with Gasteiger partial charge in [-0.25, -0.2) is 15.0 Å². The average molecular weight is 865 g/mol. The van der Waals surface area contributed by atoms with Gasteiger partial charge in [-0.15, -0.1) is 0 Å². The van der Waals surface area contributed by atoms with E-state index in [1.54, 1.807) is 0 Å². The zero-order chi connectivity index (χ0) is 43.8. The summed E-state index contributed by atoms with van der Waals surface area (Å²) in [5.41, 5.74) is 13.3. The predicted octanol–water partition coefficient (Wildman–Crippen LogP) is 15.9. The molecule has 0 spiro atoms. The third-order valence-corrected chi connectivity index (χ3v) is 15.8. The number of aromatic nitrogens is 4. The topological polar surface area (TPSA) is 69.9 Å². The van der Waals surface area contributed by atoms with Crippen molar-refractivity contribution in [2.24, 2.45) is 17.8 Å². The number of hydrogen-bond acceptors (Lipinski definition) is 5. The van der Waals surface area contributed by atoms with Crippen molar-refractivity contribution >= 4 is 65.7 Å². The minimum absolute atomic E-state index is 0.325. The Labute approximate surface area is 386 Å². The fraction of sp³-hybridized carbons (Fsp3) is 0.164. The van der Waals surface area contributed by atoms with E-state index in [2.05, 4.69) is 162 Å². The molecule has 4 heterocycles. The molecule has 0 aliphatic heterocycles. The smallest absolute Gasteiger partial charge is 0.167 e. The first-order valence-electron chi connectivity index (χ1n) is 23.9. The number of furan rings is 2. The van der Waals surface area contributed by atoms with Crippen LogP contribution in [0.4, 0.5) is 0 Å². The van der Waals surface area contributed by atoms with Crippen LogP contribution in [0.25, 0.3) is 117 Å². The van der Waals surface area contributed by atoms with Crippen LogP contribution in [-0.2, 0) is 5.41 Å². The van der Waals surface area contributed by atoms with Crippen molar-refractivity contribution in [2.45, 2.75) is 43.9 Å². The zero-order valence-electron chi connectivity index (χ0n) is 36.8. The summed E-state index contributed by atoms with van der Waals surface area (Å²) in [7, 11) is 0. The van der Waals surface area contributed by atoms with Crippen molar-refractivity contribution < 1.29 is 8.83 Å². The summed E-state index contributed by atoms with van der Waals surface area (Å²) < 4.78 is 15.7. The van der Waals surface area contributed by atoms with Crippen molar-refractivity contribution in [2.75, 3.05) is 0 Å². The number of para-hydroxylation sites is 5. The number of fused-ring (bicyclic) bond motifs is 9. The Balaban J connectivity index is 0.912. The number of rotatable bonds is 6. The van der Waals surface area contributed by atoms with Crippen LogP contribution in [0.15, 0.2) is 185 Å². The van der Waals surface area contributed by atoms with Crippen molar-refractivity contribution in [1.29, 1.82) is 0 Å². The molecule has 4 saturated carbocycles. The molecule has 0 saturated heterocycles. The third-order valence-electron chi connectivity index (χ3n) is 15.8. The van der Waals surface area contributed by atoms with Crippen molar-refractivity contribution in [3.05, 3.63) is 181 Å². The summed E-state index contributed by atoms with van der Waals surface area (Å²) in [6.45, 7) is 0. The molecule has 4 bridgehead atoms. The van der Waals surface area contributed by atoms with Gasteiger partial charge >= 0.3 is 0 Å². The van der Waals surface area contributed by atoms with Gasteiger partial charge in [0.05, 0.1) is 16.6 Å². The summed E-state index contributed by atoms with van der Waals surface area (Å²) in [6.07, 6.45) is 8.35. The average Bonchev–Trinajstić information content (AvgIpc) is 4.06. The Bertz CT molecular complexity index is 3880. The molecule has 0 radical (unpaired) electrons. The summed E-state index contributed by atoms with van der Waals surface area (Å²) in [4.78, 5) is 16.0. The van der Waals surface area contributed by atoms with Gasteiger partial charge in [0.25, 0.3) is 0 Å². The number of hydrogen-bond donors (Lipinski definition) is 0. The van der Waals surface area contributed by atoms with Gasteiger partial charge < -0.3 is 13.4 Å². The lowest BCUT2D eigenvalue weighted by Gasteiger charge is -2.57. The summed E-state index contributed by atoms with van der Waals surface area (Å²) in [6, 6.07) is 62.5. The highest BCUT2D eigenvalue weighted by Crippen LogP contribution is 2.61. The van der Waals surface area contributed by atoms with Crippen molar-refractivity contribution in [1.82, 2.24) is 19.5 Å². The van der Waals surface area contributed by atoms with Crippen LogP contribution >= 0.6 is 0 Å². The standard InChI is InChI=1S/C61H44N4O2/c1-5-16-52-44(10-1)45-11-2-6-17-53(45)65(52)43-26-22-40(23-27-43)58-62-59(64-60(63-58)49-15-9-14-48-46-12-3-7-18-54(46)66-56(48)49)41-31-50(57-51(32-41)47-13-4-8-19-55(47)67-57)39-20-24-42(25-21-39)61-33-36-28-37(34-61)30-38(29-36)35-61/h1-27,31-32,36-38H,28-30,33-35H2. The van der Waals surface area contributed by atoms with Gasteiger partial charge in [0.2, 0.25) is 0 Å². The van der Waals surface area contributed by atoms with Crippen molar-refractivity contribution in [3.8, 4) is 51.0 Å². The molecule has 4 aromatic heterocycles. The van der Waals surface area contributed by atoms with Crippen LogP contribution in [-0.4, -0.2) is 19.5 Å². The second kappa shape index (κ2) is 14.1. The Morgan fingerprint density at radius 1 is 0.403 bits per heavy atom. The van der Waals surface area contributed by atoms with E-state index in [-0.39, 0.29) is 0 Å². The highest BCUT2D eigenvalue weighted by atomic mass is 16.3. The SMILES string of the molecule is c1ccc2c(c1)oc1c(-c3ccc(C45CC6CC(CC(C6)C4)C5)cc3)cc(-c3nc(-c4ccc(-n5c6ccccc6c6ccccc65)cc4)nc(-c4cccc5c4oc4ccccc45)n3)cc12. The quantitative estimate of drug-likeness (QED) is 0.167. The second-order valence-electron chi connectivity index (χ2n) is 19.8. The van der Waals surface area contributed by atoms with E-state index in [1.807, 2.05) is 18.2 Å². The Hall–Kier alpha value is -7.83. The van der Waals surface area contributed by atoms with Gasteiger partial charge in [0.1, 0.15) is 22.3 Å². The van der Waals surface area contributed by atoms with Crippen LogP contribution in [0, 0.1) is 17.8 Å². The fourth-order valence-corrected chi connectivity index (χ4v) is 13.3. The minimum Gasteiger partial charge on any atom is -0.455 e. The molecule has 67 heavy (non-hydrogen) atoms. The first-order chi connectivity index (χ1) is 33.1. The maximum atomic E-state index is 6.75. The normalized spacial score (nSPS) is 20.1. The van der Waals surface area contributed by atoms with Gasteiger partial charge in [0.15, 0.2) is 17.5 Å². The number of benzene rings is 8. The van der Waals surface area contributed by atoms with E-state index in [4.69, 9.17) is 23.8 Å². The molecular formula is C61H44N4O2. The third kappa shape index (κ3) is 5.72. The first-order valence-corrected chi connectivity index (χ1v) is 23.9. The van der Waals surface area contributed by atoms with Gasteiger partial charge in [-0.05, 0) is 140 Å². The molecule has 8 aromatic carbocycles. The van der Waals surface area contributed by atoms with E-state index >= 15 is 0 Å². The Kier molecular flexibility index (Phi) is 7.86. The Morgan fingerprint density at radius 3 is 1.55 bits per heavy atom. The molecule has 16 rings (SSSR count). The molecule has 0 amide bonds. The van der Waals surface area contributed by atoms with Gasteiger partial charge in [-0.2, -0.15) is 0 Å². The van der Waals surface area contributed by atoms with E-state index in [1.165, 1.54) is 65.9 Å². The van der Waals surface area contributed by atoms with E-state index in [0.29, 0.717) is 22.9 Å². The molecule has 6 nitrogen and oxygen atoms in total. The van der Waals surface area contributed by atoms with Crippen LogP contribution < -0.4 is 0 Å². The highest BCUT2D eigenvalue weighted by molar-refractivity contribution is 6.12. The van der Waals surface area contributed by atoms with E-state index in [9.17, 15) is 0 Å². The molecule has 320 valence electrons. The molecule has 4 aliphatic rings. The monoisotopic (exact) mass is 864 g/mol. The molecule has 0 N–H and O–H groups in total. The lowest BCUT2D eigenvalue weighted by atomic mass is 9.48. The molecule has 4 fully saturated rings. The van der Waals surface area contributed by atoms with Crippen LogP contribution in [0.1, 0.15) is 44.1 Å². The molecule has 4 aliphatic carbocycles. The number of nitrogens with zero attached hydrogens (tertiary/aromatic N) is 4. The fourth-order valence-electron chi connectivity index (χ4n) is 13.3. The molecule has 0 atom stereocenters. The van der Waals surface area contributed by atoms with Gasteiger partial charge in [0, 0.05) is 54.7 Å². The van der Waals surface area contributed by atoms with E-state index < -0.39 is 0 Å². The lowest BCUT2D eigenvalue weighted by molar-refractivity contribution is -0.00518. The van der Waals surface area contributed by atoms with Crippen LogP contribution in [0.2, 0.25) is 0 Å². The lowest BCUT2D eigenvalue weighted by Crippen LogP contribution is -2.48. The maximum absolute atomic E-state index is 6.75. The summed E-state index contributed by atoms with van der Waals surface area (Å²) in [5.74, 6) is 4.40. The van der Waals surface area contributed by atoms with Gasteiger partial charge in [-0.3, -0.25) is 0 Å². The van der Waals surface area contributed by atoms with Crippen molar-refractivity contribution in [3.63, 3.8) is 0 Å². The van der Waals surface area contributed by atoms with E-state index in [0.717, 1.165) is 95.1 Å². The van der Waals surface area contributed by atoms with Crippen LogP contribution in [0.5, 0.6) is 0 Å². The molecule has 12 aromatic rings. The zero-order valence-corrected chi connectivity index (χ0v) is 36.8. The van der Waals surface area contributed by atoms with Crippen LogP contribution in [0.3, 0.4) is 0 Å². The van der Waals surface area contributed by atoms with Gasteiger partial charge in [-0.1, -0.05) is 109 Å². The Morgan fingerprint density at radius 2 is 0.910 bits per heavy atom. The molecule has 6 heteroatoms. The molecule has 0 unspecified atom stereocenters. The maximum Gasteiger partial charge on any atom is 0.167 e.